The van der Waals surface area contributed by atoms with E-state index in [2.05, 4.69) is 5.32 Å². The maximum atomic E-state index is 12.8. The van der Waals surface area contributed by atoms with Crippen LogP contribution in [0.3, 0.4) is 0 Å². The van der Waals surface area contributed by atoms with Crippen LogP contribution in [0.4, 0.5) is 0 Å². The second-order valence-electron chi connectivity index (χ2n) is 6.12. The highest BCUT2D eigenvalue weighted by atomic mass is 16.5. The SMILES string of the molecule is COC(=O)c1cc(OC)cc(C(=O)N2CC[C@@H]3NC(=O)C[C@@H]3C2)c1. The number of benzene rings is 1. The molecule has 1 N–H and O–H groups in total. The van der Waals surface area contributed by atoms with Crippen molar-refractivity contribution in [3.63, 3.8) is 0 Å². The van der Waals surface area contributed by atoms with E-state index in [0.717, 1.165) is 6.42 Å². The van der Waals surface area contributed by atoms with Crippen molar-refractivity contribution in [1.29, 1.82) is 0 Å². The third-order valence-corrected chi connectivity index (χ3v) is 4.63. The van der Waals surface area contributed by atoms with E-state index >= 15 is 0 Å². The Kier molecular flexibility index (Phi) is 4.42. The van der Waals surface area contributed by atoms with Crippen LogP contribution in [0.15, 0.2) is 18.2 Å². The molecule has 24 heavy (non-hydrogen) atoms. The third kappa shape index (κ3) is 3.06. The monoisotopic (exact) mass is 332 g/mol. The number of nitrogens with one attached hydrogen (secondary N) is 1. The van der Waals surface area contributed by atoms with E-state index in [4.69, 9.17) is 9.47 Å². The normalized spacial score (nSPS) is 22.6. The summed E-state index contributed by atoms with van der Waals surface area (Å²) >= 11 is 0. The van der Waals surface area contributed by atoms with Gasteiger partial charge >= 0.3 is 5.97 Å². The first kappa shape index (κ1) is 16.3. The number of likely N-dealkylation sites (tertiary alicyclic amines) is 1. The summed E-state index contributed by atoms with van der Waals surface area (Å²) in [7, 11) is 2.77. The van der Waals surface area contributed by atoms with Gasteiger partial charge in [-0.05, 0) is 24.6 Å². The number of hydrogen-bond acceptors (Lipinski definition) is 5. The zero-order valence-electron chi connectivity index (χ0n) is 13.7. The Labute approximate surface area is 139 Å². The van der Waals surface area contributed by atoms with Crippen molar-refractivity contribution in [2.24, 2.45) is 5.92 Å². The maximum absolute atomic E-state index is 12.8. The van der Waals surface area contributed by atoms with Crippen molar-refractivity contribution in [3.05, 3.63) is 29.3 Å². The highest BCUT2D eigenvalue weighted by Gasteiger charge is 2.38. The topological polar surface area (TPSA) is 84.9 Å². The molecule has 0 radical (unpaired) electrons. The fraction of sp³-hybridized carbons (Fsp3) is 0.471. The van der Waals surface area contributed by atoms with Gasteiger partial charge in [-0.2, -0.15) is 0 Å². The van der Waals surface area contributed by atoms with Gasteiger partial charge in [0, 0.05) is 37.0 Å². The van der Waals surface area contributed by atoms with Gasteiger partial charge in [-0.1, -0.05) is 0 Å². The van der Waals surface area contributed by atoms with Gasteiger partial charge in [-0.15, -0.1) is 0 Å². The van der Waals surface area contributed by atoms with Crippen molar-refractivity contribution in [1.82, 2.24) is 10.2 Å². The van der Waals surface area contributed by atoms with E-state index in [-0.39, 0.29) is 29.3 Å². The van der Waals surface area contributed by atoms with Crippen molar-refractivity contribution in [3.8, 4) is 5.75 Å². The summed E-state index contributed by atoms with van der Waals surface area (Å²) in [6.07, 6.45) is 1.20. The Morgan fingerprint density at radius 3 is 2.67 bits per heavy atom. The number of rotatable bonds is 3. The number of piperidine rings is 1. The van der Waals surface area contributed by atoms with Crippen LogP contribution >= 0.6 is 0 Å². The Bertz CT molecular complexity index is 688. The molecule has 0 bridgehead atoms. The first-order chi connectivity index (χ1) is 11.5. The molecule has 7 heteroatoms. The van der Waals surface area contributed by atoms with Crippen LogP contribution in [-0.2, 0) is 9.53 Å². The van der Waals surface area contributed by atoms with E-state index in [1.54, 1.807) is 11.0 Å². The second kappa shape index (κ2) is 6.51. The minimum absolute atomic E-state index is 0.0497. The molecule has 0 unspecified atom stereocenters. The van der Waals surface area contributed by atoms with E-state index in [1.807, 2.05) is 0 Å². The van der Waals surface area contributed by atoms with Crippen molar-refractivity contribution < 1.29 is 23.9 Å². The second-order valence-corrected chi connectivity index (χ2v) is 6.12. The molecule has 2 fully saturated rings. The van der Waals surface area contributed by atoms with E-state index in [1.165, 1.54) is 26.4 Å². The summed E-state index contributed by atoms with van der Waals surface area (Å²) in [4.78, 5) is 37.8. The smallest absolute Gasteiger partial charge is 0.338 e. The average Bonchev–Trinajstić information content (AvgIpc) is 2.98. The zero-order valence-corrected chi connectivity index (χ0v) is 13.7. The number of amides is 2. The Morgan fingerprint density at radius 2 is 1.96 bits per heavy atom. The predicted molar refractivity (Wildman–Crippen MR) is 84.9 cm³/mol. The molecule has 1 aromatic carbocycles. The minimum atomic E-state index is -0.521. The number of carbonyl (C=O) groups is 3. The van der Waals surface area contributed by atoms with Gasteiger partial charge < -0.3 is 19.7 Å². The minimum Gasteiger partial charge on any atom is -0.497 e. The molecule has 1 aromatic rings. The lowest BCUT2D eigenvalue weighted by molar-refractivity contribution is -0.119. The number of esters is 1. The van der Waals surface area contributed by atoms with Gasteiger partial charge in [-0.3, -0.25) is 9.59 Å². The molecule has 2 atom stereocenters. The number of nitrogens with zero attached hydrogens (tertiary/aromatic N) is 1. The van der Waals surface area contributed by atoms with Gasteiger partial charge in [0.1, 0.15) is 5.75 Å². The molecule has 2 aliphatic rings. The fourth-order valence-electron chi connectivity index (χ4n) is 3.38. The van der Waals surface area contributed by atoms with Gasteiger partial charge in [0.15, 0.2) is 0 Å². The zero-order chi connectivity index (χ0) is 17.3. The Hall–Kier alpha value is -2.57. The largest absolute Gasteiger partial charge is 0.497 e. The van der Waals surface area contributed by atoms with E-state index in [0.29, 0.717) is 30.8 Å². The van der Waals surface area contributed by atoms with Crippen molar-refractivity contribution in [2.45, 2.75) is 18.9 Å². The highest BCUT2D eigenvalue weighted by Crippen LogP contribution is 2.27. The standard InChI is InChI=1S/C17H20N2O5/c1-23-13-6-10(5-11(7-13)17(22)24-2)16(21)19-4-3-14-12(9-19)8-15(20)18-14/h5-7,12,14H,3-4,8-9H2,1-2H3,(H,18,20)/t12-,14+/m1/s1. The molecule has 2 saturated heterocycles. The molecule has 0 aromatic heterocycles. The lowest BCUT2D eigenvalue weighted by Gasteiger charge is -2.34. The molecule has 7 nitrogen and oxygen atoms in total. The maximum Gasteiger partial charge on any atom is 0.338 e. The molecule has 0 spiro atoms. The number of methoxy groups -OCH3 is 2. The molecule has 128 valence electrons. The van der Waals surface area contributed by atoms with Crippen LogP contribution in [0.2, 0.25) is 0 Å². The summed E-state index contributed by atoms with van der Waals surface area (Å²) in [6, 6.07) is 4.83. The highest BCUT2D eigenvalue weighted by molar-refractivity contribution is 5.98. The van der Waals surface area contributed by atoms with Crippen LogP contribution in [-0.4, -0.2) is 56.0 Å². The summed E-state index contributed by atoms with van der Waals surface area (Å²) in [6.45, 7) is 1.11. The molecule has 0 aliphatic carbocycles. The molecular weight excluding hydrogens is 312 g/mol. The first-order valence-electron chi connectivity index (χ1n) is 7.88. The first-order valence-corrected chi connectivity index (χ1v) is 7.88. The summed E-state index contributed by atoms with van der Waals surface area (Å²) in [5.74, 6) is -0.0625. The number of hydrogen-bond donors (Lipinski definition) is 1. The van der Waals surface area contributed by atoms with Crippen LogP contribution in [0, 0.1) is 5.92 Å². The quantitative estimate of drug-likeness (QED) is 0.829. The summed E-state index contributed by atoms with van der Waals surface area (Å²) < 4.78 is 9.90. The fourth-order valence-corrected chi connectivity index (χ4v) is 3.38. The van der Waals surface area contributed by atoms with Crippen LogP contribution in [0.5, 0.6) is 5.75 Å². The van der Waals surface area contributed by atoms with Gasteiger partial charge in [0.25, 0.3) is 5.91 Å². The number of carbonyl (C=O) groups excluding carboxylic acids is 3. The van der Waals surface area contributed by atoms with Crippen LogP contribution in [0.1, 0.15) is 33.6 Å². The van der Waals surface area contributed by atoms with Gasteiger partial charge in [0.2, 0.25) is 5.91 Å². The van der Waals surface area contributed by atoms with Crippen LogP contribution in [0.25, 0.3) is 0 Å². The Balaban J connectivity index is 1.82. The third-order valence-electron chi connectivity index (χ3n) is 4.63. The average molecular weight is 332 g/mol. The van der Waals surface area contributed by atoms with E-state index < -0.39 is 5.97 Å². The van der Waals surface area contributed by atoms with Crippen molar-refractivity contribution >= 4 is 17.8 Å². The lowest BCUT2D eigenvalue weighted by Crippen LogP contribution is -2.47. The Morgan fingerprint density at radius 1 is 1.21 bits per heavy atom. The molecule has 2 aliphatic heterocycles. The summed E-state index contributed by atoms with van der Waals surface area (Å²) in [5.41, 5.74) is 0.651. The predicted octanol–water partition coefficient (Wildman–Crippen LogP) is 0.832. The van der Waals surface area contributed by atoms with E-state index in [9.17, 15) is 14.4 Å². The molecule has 0 saturated carbocycles. The number of ether oxygens (including phenoxy) is 2. The molecule has 2 amide bonds. The van der Waals surface area contributed by atoms with Crippen LogP contribution < -0.4 is 10.1 Å². The summed E-state index contributed by atoms with van der Waals surface area (Å²) in [5, 5.41) is 2.95. The molecule has 3 rings (SSSR count). The molecular formula is C17H20N2O5. The molecule has 2 heterocycles. The lowest BCUT2D eigenvalue weighted by atomic mass is 9.92. The van der Waals surface area contributed by atoms with Crippen molar-refractivity contribution in [2.75, 3.05) is 27.3 Å². The van der Waals surface area contributed by atoms with Gasteiger partial charge in [0.05, 0.1) is 19.8 Å². The number of fused-ring (bicyclic) bond motifs is 1. The van der Waals surface area contributed by atoms with Gasteiger partial charge in [-0.25, -0.2) is 4.79 Å².